The maximum atomic E-state index is 8.84. The summed E-state index contributed by atoms with van der Waals surface area (Å²) in [5.41, 5.74) is 0. The predicted molar refractivity (Wildman–Crippen MR) is 37.2 cm³/mol. The molecule has 0 aromatic rings. The third-order valence-electron chi connectivity index (χ3n) is 1.18. The summed E-state index contributed by atoms with van der Waals surface area (Å²) in [5.74, 6) is 0.179. The lowest BCUT2D eigenvalue weighted by Crippen LogP contribution is -2.23. The molecule has 1 aliphatic heterocycles. The van der Waals surface area contributed by atoms with Crippen molar-refractivity contribution in [2.24, 2.45) is 0 Å². The van der Waals surface area contributed by atoms with E-state index in [1.165, 1.54) is 12.3 Å². The van der Waals surface area contributed by atoms with Crippen LogP contribution in [0.1, 0.15) is 6.92 Å². The minimum Gasteiger partial charge on any atom is -0.506 e. The molecule has 0 amide bonds. The maximum Gasteiger partial charge on any atom is 0.132 e. The van der Waals surface area contributed by atoms with E-state index in [9.17, 15) is 0 Å². The van der Waals surface area contributed by atoms with Gasteiger partial charge in [0.05, 0.1) is 6.04 Å². The van der Waals surface area contributed by atoms with Crippen LogP contribution in [0.25, 0.3) is 0 Å². The minimum atomic E-state index is 0.127. The lowest BCUT2D eigenvalue weighted by atomic mass is 10.2. The van der Waals surface area contributed by atoms with Gasteiger partial charge in [0.2, 0.25) is 0 Å². The summed E-state index contributed by atoms with van der Waals surface area (Å²) in [6.07, 6.45) is 3.05. The zero-order valence-corrected chi connectivity index (χ0v) is 5.81. The van der Waals surface area contributed by atoms with Gasteiger partial charge in [-0.3, -0.25) is 0 Å². The van der Waals surface area contributed by atoms with Gasteiger partial charge in [0.1, 0.15) is 5.76 Å². The zero-order chi connectivity index (χ0) is 6.85. The maximum absolute atomic E-state index is 8.84. The van der Waals surface area contributed by atoms with E-state index < -0.39 is 0 Å². The smallest absolute Gasteiger partial charge is 0.132 e. The molecule has 0 aromatic heterocycles. The van der Waals surface area contributed by atoms with Crippen LogP contribution < -0.4 is 5.32 Å². The Morgan fingerprint density at radius 2 is 2.44 bits per heavy atom. The summed E-state index contributed by atoms with van der Waals surface area (Å²) in [6, 6.07) is 0.127. The Hall–Kier alpha value is -0.630. The highest BCUT2D eigenvalue weighted by molar-refractivity contribution is 6.30. The van der Waals surface area contributed by atoms with Crippen molar-refractivity contribution in [1.82, 2.24) is 5.32 Å². The molecule has 1 atom stereocenters. The van der Waals surface area contributed by atoms with Crippen LogP contribution in [0.3, 0.4) is 0 Å². The van der Waals surface area contributed by atoms with Crippen molar-refractivity contribution in [1.29, 1.82) is 0 Å². The molecule has 0 saturated carbocycles. The highest BCUT2D eigenvalue weighted by atomic mass is 35.5. The number of dihydropyridines is 1. The van der Waals surface area contributed by atoms with Gasteiger partial charge < -0.3 is 10.4 Å². The standard InChI is InChI=1S/C6H8ClNO/c1-4-6(7)2-5(9)3-8-4/h2-4,8-9H,1H3. The number of hydrogen-bond donors (Lipinski definition) is 2. The van der Waals surface area contributed by atoms with Crippen LogP contribution in [0.15, 0.2) is 23.1 Å². The normalized spacial score (nSPS) is 26.2. The molecule has 3 heteroatoms. The van der Waals surface area contributed by atoms with Gasteiger partial charge in [0.15, 0.2) is 0 Å². The van der Waals surface area contributed by atoms with Crippen molar-refractivity contribution in [2.45, 2.75) is 13.0 Å². The summed E-state index contributed by atoms with van der Waals surface area (Å²) in [7, 11) is 0. The van der Waals surface area contributed by atoms with Crippen molar-refractivity contribution >= 4 is 11.6 Å². The second kappa shape index (κ2) is 2.31. The fraction of sp³-hybridized carbons (Fsp3) is 0.333. The molecule has 1 rings (SSSR count). The van der Waals surface area contributed by atoms with Gasteiger partial charge in [-0.25, -0.2) is 0 Å². The second-order valence-electron chi connectivity index (χ2n) is 1.99. The molecule has 1 unspecified atom stereocenters. The summed E-state index contributed by atoms with van der Waals surface area (Å²) >= 11 is 5.66. The molecule has 9 heavy (non-hydrogen) atoms. The number of nitrogens with one attached hydrogen (secondary N) is 1. The van der Waals surface area contributed by atoms with Gasteiger partial charge in [0.25, 0.3) is 0 Å². The molecule has 0 aliphatic carbocycles. The van der Waals surface area contributed by atoms with E-state index in [2.05, 4.69) is 5.32 Å². The molecule has 0 spiro atoms. The van der Waals surface area contributed by atoms with E-state index in [1.807, 2.05) is 6.92 Å². The molecule has 0 saturated heterocycles. The number of rotatable bonds is 0. The van der Waals surface area contributed by atoms with Gasteiger partial charge in [-0.15, -0.1) is 0 Å². The molecule has 0 fully saturated rings. The Balaban J connectivity index is 2.74. The number of aliphatic hydroxyl groups is 1. The summed E-state index contributed by atoms with van der Waals surface area (Å²) < 4.78 is 0. The van der Waals surface area contributed by atoms with Crippen LogP contribution >= 0.6 is 11.6 Å². The monoisotopic (exact) mass is 145 g/mol. The molecular weight excluding hydrogens is 138 g/mol. The van der Waals surface area contributed by atoms with Gasteiger partial charge in [0, 0.05) is 11.2 Å². The Morgan fingerprint density at radius 1 is 1.78 bits per heavy atom. The van der Waals surface area contributed by atoms with E-state index in [0.717, 1.165) is 0 Å². The van der Waals surface area contributed by atoms with E-state index in [0.29, 0.717) is 5.03 Å². The summed E-state index contributed by atoms with van der Waals surface area (Å²) in [4.78, 5) is 0. The van der Waals surface area contributed by atoms with Crippen LogP contribution in [-0.4, -0.2) is 11.1 Å². The second-order valence-corrected chi connectivity index (χ2v) is 2.42. The SMILES string of the molecule is CC1NC=C(O)C=C1Cl. The van der Waals surface area contributed by atoms with Crippen LogP contribution in [0, 0.1) is 0 Å². The van der Waals surface area contributed by atoms with Crippen molar-refractivity contribution < 1.29 is 5.11 Å². The molecule has 1 heterocycles. The fourth-order valence-corrected chi connectivity index (χ4v) is 0.773. The first-order chi connectivity index (χ1) is 4.20. The fourth-order valence-electron chi connectivity index (χ4n) is 0.598. The van der Waals surface area contributed by atoms with Crippen LogP contribution in [0.4, 0.5) is 0 Å². The van der Waals surface area contributed by atoms with Crippen LogP contribution in [0.5, 0.6) is 0 Å². The quantitative estimate of drug-likeness (QED) is 0.542. The molecule has 1 aliphatic rings. The van der Waals surface area contributed by atoms with E-state index in [1.54, 1.807) is 0 Å². The summed E-state index contributed by atoms with van der Waals surface area (Å²) in [6.45, 7) is 1.92. The van der Waals surface area contributed by atoms with Crippen LogP contribution in [0.2, 0.25) is 0 Å². The van der Waals surface area contributed by atoms with Crippen molar-refractivity contribution in [3.05, 3.63) is 23.1 Å². The highest BCUT2D eigenvalue weighted by Gasteiger charge is 2.08. The molecule has 0 bridgehead atoms. The number of halogens is 1. The van der Waals surface area contributed by atoms with Crippen molar-refractivity contribution in [3.8, 4) is 0 Å². The highest BCUT2D eigenvalue weighted by Crippen LogP contribution is 2.13. The number of aliphatic hydroxyl groups excluding tert-OH is 1. The van der Waals surface area contributed by atoms with Crippen molar-refractivity contribution in [2.75, 3.05) is 0 Å². The van der Waals surface area contributed by atoms with Crippen LogP contribution in [-0.2, 0) is 0 Å². The van der Waals surface area contributed by atoms with Gasteiger partial charge >= 0.3 is 0 Å². The molecule has 2 nitrogen and oxygen atoms in total. The molecule has 0 aromatic carbocycles. The Morgan fingerprint density at radius 3 is 2.89 bits per heavy atom. The van der Waals surface area contributed by atoms with Gasteiger partial charge in [-0.2, -0.15) is 0 Å². The first-order valence-corrected chi connectivity index (χ1v) is 3.10. The molecule has 0 radical (unpaired) electrons. The average Bonchev–Trinajstić information content (AvgIpc) is 1.80. The first-order valence-electron chi connectivity index (χ1n) is 2.72. The lowest BCUT2D eigenvalue weighted by molar-refractivity contribution is 0.420. The minimum absolute atomic E-state index is 0.127. The molecular formula is C6H8ClNO. The predicted octanol–water partition coefficient (Wildman–Crippen LogP) is 1.50. The Bertz CT molecular complexity index is 174. The number of allylic oxidation sites excluding steroid dienone is 1. The average molecular weight is 146 g/mol. The van der Waals surface area contributed by atoms with E-state index >= 15 is 0 Å². The molecule has 50 valence electrons. The Labute approximate surface area is 58.8 Å². The Kier molecular flexibility index (Phi) is 1.67. The lowest BCUT2D eigenvalue weighted by Gasteiger charge is -2.14. The third kappa shape index (κ3) is 1.39. The van der Waals surface area contributed by atoms with Gasteiger partial charge in [-0.1, -0.05) is 11.6 Å². The topological polar surface area (TPSA) is 32.3 Å². The van der Waals surface area contributed by atoms with Crippen molar-refractivity contribution in [3.63, 3.8) is 0 Å². The van der Waals surface area contributed by atoms with E-state index in [4.69, 9.17) is 16.7 Å². The largest absolute Gasteiger partial charge is 0.506 e. The van der Waals surface area contributed by atoms with E-state index in [-0.39, 0.29) is 11.8 Å². The summed E-state index contributed by atoms with van der Waals surface area (Å²) in [5, 5.41) is 12.3. The third-order valence-corrected chi connectivity index (χ3v) is 1.62. The number of hydrogen-bond acceptors (Lipinski definition) is 2. The van der Waals surface area contributed by atoms with Gasteiger partial charge in [-0.05, 0) is 13.0 Å². The first kappa shape index (κ1) is 6.49. The zero-order valence-electron chi connectivity index (χ0n) is 5.06. The molecule has 2 N–H and O–H groups in total.